The molecule has 0 unspecified atom stereocenters. The fourth-order valence-electron chi connectivity index (χ4n) is 2.14. The van der Waals surface area contributed by atoms with Crippen molar-refractivity contribution in [2.24, 2.45) is 0 Å². The van der Waals surface area contributed by atoms with Crippen LogP contribution in [-0.2, 0) is 6.18 Å². The summed E-state index contributed by atoms with van der Waals surface area (Å²) in [4.78, 5) is 3.95. The van der Waals surface area contributed by atoms with E-state index in [1.54, 1.807) is 18.2 Å². The summed E-state index contributed by atoms with van der Waals surface area (Å²) >= 11 is 12.2. The second-order valence-electron chi connectivity index (χ2n) is 4.70. The van der Waals surface area contributed by atoms with Gasteiger partial charge in [-0.05, 0) is 36.4 Å². The summed E-state index contributed by atoms with van der Waals surface area (Å²) in [7, 11) is 0. The summed E-state index contributed by atoms with van der Waals surface area (Å²) in [6.07, 6.45) is -2.95. The lowest BCUT2D eigenvalue weighted by atomic mass is 10.1. The van der Waals surface area contributed by atoms with Crippen LogP contribution in [0.3, 0.4) is 0 Å². The van der Waals surface area contributed by atoms with E-state index < -0.39 is 11.7 Å². The van der Waals surface area contributed by atoms with Crippen molar-refractivity contribution in [3.05, 3.63) is 64.4 Å². The third kappa shape index (κ3) is 3.21. The number of benzene rings is 2. The zero-order chi connectivity index (χ0) is 16.6. The molecule has 2 nitrogen and oxygen atoms in total. The van der Waals surface area contributed by atoms with Crippen LogP contribution in [0, 0.1) is 0 Å². The van der Waals surface area contributed by atoms with Crippen molar-refractivity contribution in [1.82, 2.24) is 4.98 Å². The molecule has 0 saturated carbocycles. The Bertz CT molecular complexity index is 881. The van der Waals surface area contributed by atoms with Crippen molar-refractivity contribution in [2.45, 2.75) is 6.18 Å². The number of hydrogen-bond donors (Lipinski definition) is 0. The molecular weight excluding hydrogens is 350 g/mol. The van der Waals surface area contributed by atoms with E-state index in [0.717, 1.165) is 12.1 Å². The lowest BCUT2D eigenvalue weighted by Crippen LogP contribution is -2.04. The minimum atomic E-state index is -4.44. The monoisotopic (exact) mass is 357 g/mol. The molecule has 0 aliphatic rings. The predicted molar refractivity (Wildman–Crippen MR) is 83.3 cm³/mol. The van der Waals surface area contributed by atoms with Crippen LogP contribution in [0.25, 0.3) is 10.8 Å². The number of aromatic nitrogens is 1. The zero-order valence-electron chi connectivity index (χ0n) is 11.4. The van der Waals surface area contributed by atoms with Gasteiger partial charge in [-0.3, -0.25) is 0 Å². The molecule has 0 radical (unpaired) electrons. The van der Waals surface area contributed by atoms with Gasteiger partial charge in [-0.15, -0.1) is 0 Å². The van der Waals surface area contributed by atoms with Gasteiger partial charge in [0.2, 0.25) is 0 Å². The standard InChI is InChI=1S/C16H8Cl2F3NO/c17-12-4-5-13(14-11(12)6-7-22-15(14)18)23-10-3-1-2-9(8-10)16(19,20)21/h1-8H. The molecule has 0 aliphatic carbocycles. The van der Waals surface area contributed by atoms with Crippen LogP contribution in [0.2, 0.25) is 10.2 Å². The average molecular weight is 358 g/mol. The van der Waals surface area contributed by atoms with Crippen LogP contribution in [0.5, 0.6) is 11.5 Å². The summed E-state index contributed by atoms with van der Waals surface area (Å²) in [5.41, 5.74) is -0.794. The van der Waals surface area contributed by atoms with Crippen LogP contribution >= 0.6 is 23.2 Å². The summed E-state index contributed by atoms with van der Waals surface area (Å²) < 4.78 is 43.9. The second kappa shape index (κ2) is 5.91. The maximum atomic E-state index is 12.8. The van der Waals surface area contributed by atoms with Gasteiger partial charge < -0.3 is 4.74 Å². The number of alkyl halides is 3. The molecule has 3 aromatic rings. The Morgan fingerprint density at radius 2 is 1.78 bits per heavy atom. The van der Waals surface area contributed by atoms with Crippen molar-refractivity contribution >= 4 is 34.0 Å². The SMILES string of the molecule is FC(F)(F)c1cccc(Oc2ccc(Cl)c3ccnc(Cl)c23)c1. The van der Waals surface area contributed by atoms with Gasteiger partial charge in [0.25, 0.3) is 0 Å². The summed E-state index contributed by atoms with van der Waals surface area (Å²) in [6.45, 7) is 0. The van der Waals surface area contributed by atoms with Gasteiger partial charge in [0.15, 0.2) is 0 Å². The van der Waals surface area contributed by atoms with E-state index in [1.807, 2.05) is 0 Å². The lowest BCUT2D eigenvalue weighted by Gasteiger charge is -2.12. The van der Waals surface area contributed by atoms with Gasteiger partial charge in [0.05, 0.1) is 10.9 Å². The number of nitrogens with zero attached hydrogens (tertiary/aromatic N) is 1. The molecule has 0 fully saturated rings. The molecule has 2 aromatic carbocycles. The first kappa shape index (κ1) is 15.9. The van der Waals surface area contributed by atoms with E-state index in [4.69, 9.17) is 27.9 Å². The third-order valence-corrected chi connectivity index (χ3v) is 3.79. The minimum Gasteiger partial charge on any atom is -0.457 e. The van der Waals surface area contributed by atoms with E-state index in [2.05, 4.69) is 4.98 Å². The van der Waals surface area contributed by atoms with Gasteiger partial charge in [-0.2, -0.15) is 13.2 Å². The van der Waals surface area contributed by atoms with Crippen LogP contribution in [0.15, 0.2) is 48.7 Å². The van der Waals surface area contributed by atoms with E-state index in [1.165, 1.54) is 18.3 Å². The highest BCUT2D eigenvalue weighted by molar-refractivity contribution is 6.39. The van der Waals surface area contributed by atoms with Crippen molar-refractivity contribution in [2.75, 3.05) is 0 Å². The number of hydrogen-bond acceptors (Lipinski definition) is 2. The van der Waals surface area contributed by atoms with Gasteiger partial charge in [0, 0.05) is 16.6 Å². The predicted octanol–water partition coefficient (Wildman–Crippen LogP) is 6.35. The Hall–Kier alpha value is -1.98. The lowest BCUT2D eigenvalue weighted by molar-refractivity contribution is -0.137. The van der Waals surface area contributed by atoms with Gasteiger partial charge >= 0.3 is 6.18 Å². The number of halogens is 5. The molecule has 3 rings (SSSR count). The maximum Gasteiger partial charge on any atom is 0.416 e. The normalized spacial score (nSPS) is 11.7. The molecule has 0 aliphatic heterocycles. The molecule has 0 bridgehead atoms. The number of rotatable bonds is 2. The van der Waals surface area contributed by atoms with E-state index in [-0.39, 0.29) is 16.7 Å². The highest BCUT2D eigenvalue weighted by atomic mass is 35.5. The molecule has 0 amide bonds. The van der Waals surface area contributed by atoms with Crippen molar-refractivity contribution in [3.8, 4) is 11.5 Å². The molecule has 0 N–H and O–H groups in total. The molecule has 1 heterocycles. The van der Waals surface area contributed by atoms with Crippen molar-refractivity contribution in [1.29, 1.82) is 0 Å². The Morgan fingerprint density at radius 3 is 2.52 bits per heavy atom. The largest absolute Gasteiger partial charge is 0.457 e. The van der Waals surface area contributed by atoms with E-state index in [0.29, 0.717) is 15.8 Å². The number of fused-ring (bicyclic) bond motifs is 1. The van der Waals surface area contributed by atoms with Crippen LogP contribution in [0.1, 0.15) is 5.56 Å². The smallest absolute Gasteiger partial charge is 0.416 e. The fourth-order valence-corrected chi connectivity index (χ4v) is 2.61. The topological polar surface area (TPSA) is 22.1 Å². The van der Waals surface area contributed by atoms with E-state index >= 15 is 0 Å². The van der Waals surface area contributed by atoms with Gasteiger partial charge in [0.1, 0.15) is 16.7 Å². The highest BCUT2D eigenvalue weighted by Crippen LogP contribution is 2.38. The molecule has 23 heavy (non-hydrogen) atoms. The minimum absolute atomic E-state index is 0.0448. The Morgan fingerprint density at radius 1 is 1.00 bits per heavy atom. The molecule has 0 saturated heterocycles. The molecule has 118 valence electrons. The molecule has 1 aromatic heterocycles. The molecule has 0 spiro atoms. The van der Waals surface area contributed by atoms with Crippen LogP contribution < -0.4 is 4.74 Å². The van der Waals surface area contributed by atoms with Crippen LogP contribution in [-0.4, -0.2) is 4.98 Å². The van der Waals surface area contributed by atoms with E-state index in [9.17, 15) is 13.2 Å². The zero-order valence-corrected chi connectivity index (χ0v) is 12.9. The Balaban J connectivity index is 2.08. The quantitative estimate of drug-likeness (QED) is 0.498. The molecular formula is C16H8Cl2F3NO. The first-order valence-corrected chi connectivity index (χ1v) is 7.19. The maximum absolute atomic E-state index is 12.8. The number of ether oxygens (including phenoxy) is 1. The first-order chi connectivity index (χ1) is 10.9. The summed E-state index contributed by atoms with van der Waals surface area (Å²) in [5.74, 6) is 0.324. The number of pyridine rings is 1. The molecule has 0 atom stereocenters. The van der Waals surface area contributed by atoms with Crippen LogP contribution in [0.4, 0.5) is 13.2 Å². The fraction of sp³-hybridized carbons (Fsp3) is 0.0625. The highest BCUT2D eigenvalue weighted by Gasteiger charge is 2.30. The van der Waals surface area contributed by atoms with Crippen molar-refractivity contribution in [3.63, 3.8) is 0 Å². The first-order valence-electron chi connectivity index (χ1n) is 6.44. The van der Waals surface area contributed by atoms with Gasteiger partial charge in [-0.25, -0.2) is 4.98 Å². The Kier molecular flexibility index (Phi) is 4.08. The summed E-state index contributed by atoms with van der Waals surface area (Å²) in [6, 6.07) is 9.38. The molecule has 7 heteroatoms. The second-order valence-corrected chi connectivity index (χ2v) is 5.46. The average Bonchev–Trinajstić information content (AvgIpc) is 2.50. The summed E-state index contributed by atoms with van der Waals surface area (Å²) in [5, 5.41) is 1.66. The van der Waals surface area contributed by atoms with Crippen molar-refractivity contribution < 1.29 is 17.9 Å². The van der Waals surface area contributed by atoms with Gasteiger partial charge in [-0.1, -0.05) is 29.3 Å². The third-order valence-electron chi connectivity index (χ3n) is 3.18. The Labute approximate surface area is 139 Å².